The Morgan fingerprint density at radius 3 is 2.36 bits per heavy atom. The minimum Gasteiger partial charge on any atom is -0.356 e. The number of rotatable bonds is 7. The Morgan fingerprint density at radius 1 is 1.14 bits per heavy atom. The van der Waals surface area contributed by atoms with E-state index < -0.39 is 12.7 Å². The Bertz CT molecular complexity index is 510. The fraction of sp³-hybridized carbons (Fsp3) is 0.895. The van der Waals surface area contributed by atoms with Gasteiger partial charge in [0.25, 0.3) is 0 Å². The van der Waals surface area contributed by atoms with Crippen LogP contribution < -0.4 is 10.6 Å². The maximum absolute atomic E-state index is 12.5. The third-order valence-electron chi connectivity index (χ3n) is 5.52. The number of alkyl halides is 3. The number of halogens is 3. The summed E-state index contributed by atoms with van der Waals surface area (Å²) in [5.41, 5.74) is 0. The molecule has 6 nitrogen and oxygen atoms in total. The van der Waals surface area contributed by atoms with E-state index in [1.165, 1.54) is 22.6 Å². The van der Waals surface area contributed by atoms with Crippen LogP contribution in [0.1, 0.15) is 44.9 Å². The first kappa shape index (κ1) is 22.8. The van der Waals surface area contributed by atoms with E-state index in [0.29, 0.717) is 37.6 Å². The molecule has 0 aromatic rings. The zero-order valence-electron chi connectivity index (χ0n) is 17.0. The van der Waals surface area contributed by atoms with Crippen LogP contribution >= 0.6 is 0 Å². The number of nitrogens with one attached hydrogen (secondary N) is 2. The zero-order chi connectivity index (χ0) is 20.6. The lowest BCUT2D eigenvalue weighted by atomic mass is 9.93. The molecule has 2 N–H and O–H groups in total. The number of amides is 1. The Balaban J connectivity index is 1.74. The highest BCUT2D eigenvalue weighted by molar-refractivity contribution is 5.84. The molecule has 0 aromatic carbocycles. The van der Waals surface area contributed by atoms with Crippen LogP contribution in [0.15, 0.2) is 4.99 Å². The van der Waals surface area contributed by atoms with E-state index in [4.69, 9.17) is 0 Å². The highest BCUT2D eigenvalue weighted by atomic mass is 19.4. The van der Waals surface area contributed by atoms with E-state index in [2.05, 4.69) is 15.6 Å². The van der Waals surface area contributed by atoms with Gasteiger partial charge in [-0.05, 0) is 51.1 Å². The first-order valence-corrected chi connectivity index (χ1v) is 10.3. The average Bonchev–Trinajstić information content (AvgIpc) is 3.12. The molecule has 1 aliphatic heterocycles. The van der Waals surface area contributed by atoms with Gasteiger partial charge in [0.2, 0.25) is 5.91 Å². The Labute approximate surface area is 165 Å². The molecule has 2 fully saturated rings. The summed E-state index contributed by atoms with van der Waals surface area (Å²) in [4.78, 5) is 19.2. The highest BCUT2D eigenvalue weighted by Gasteiger charge is 2.32. The summed E-state index contributed by atoms with van der Waals surface area (Å²) in [7, 11) is 3.42. The number of carbonyl (C=O) groups excluding carboxylic acids is 1. The number of likely N-dealkylation sites (tertiary alicyclic amines) is 1. The fourth-order valence-corrected chi connectivity index (χ4v) is 3.79. The van der Waals surface area contributed by atoms with E-state index in [0.717, 1.165) is 32.1 Å². The Hall–Kier alpha value is -1.51. The fourth-order valence-electron chi connectivity index (χ4n) is 3.79. The molecular formula is C19H34F3N5O. The molecule has 1 saturated heterocycles. The summed E-state index contributed by atoms with van der Waals surface area (Å²) < 4.78 is 37.4. The van der Waals surface area contributed by atoms with Gasteiger partial charge in [0, 0.05) is 26.7 Å². The Kier molecular flexibility index (Phi) is 8.85. The molecule has 1 heterocycles. The number of hydrogen-bond acceptors (Lipinski definition) is 3. The zero-order valence-corrected chi connectivity index (χ0v) is 17.0. The number of carbonyl (C=O) groups is 1. The largest absolute Gasteiger partial charge is 0.401 e. The van der Waals surface area contributed by atoms with Crippen molar-refractivity contribution in [2.24, 2.45) is 10.9 Å². The number of nitrogens with zero attached hydrogens (tertiary/aromatic N) is 3. The minimum absolute atomic E-state index is 0.0513. The second kappa shape index (κ2) is 10.9. The van der Waals surface area contributed by atoms with Crippen LogP contribution in [0, 0.1) is 5.92 Å². The molecule has 1 saturated carbocycles. The predicted molar refractivity (Wildman–Crippen MR) is 104 cm³/mol. The minimum atomic E-state index is -4.12. The monoisotopic (exact) mass is 405 g/mol. The molecule has 0 atom stereocenters. The lowest BCUT2D eigenvalue weighted by Crippen LogP contribution is -2.44. The molecule has 0 bridgehead atoms. The van der Waals surface area contributed by atoms with E-state index >= 15 is 0 Å². The molecule has 1 aliphatic carbocycles. The standard InChI is InChI=1S/C19H34F3N5O/c1-26(2)17(28)13-24-18(25-16-5-3-4-6-16)23-10-7-15-8-11-27(12-9-15)14-19(20,21)22/h15-16H,3-14H2,1-2H3,(H2,23,24,25). The lowest BCUT2D eigenvalue weighted by molar-refractivity contribution is -0.148. The van der Waals surface area contributed by atoms with Crippen molar-refractivity contribution in [3.63, 3.8) is 0 Å². The van der Waals surface area contributed by atoms with Gasteiger partial charge in [-0.2, -0.15) is 13.2 Å². The van der Waals surface area contributed by atoms with Crippen LogP contribution in [-0.2, 0) is 4.79 Å². The molecule has 0 spiro atoms. The van der Waals surface area contributed by atoms with Gasteiger partial charge in [-0.25, -0.2) is 4.99 Å². The first-order chi connectivity index (χ1) is 13.2. The molecular weight excluding hydrogens is 371 g/mol. The highest BCUT2D eigenvalue weighted by Crippen LogP contribution is 2.24. The van der Waals surface area contributed by atoms with Gasteiger partial charge in [0.05, 0.1) is 6.54 Å². The van der Waals surface area contributed by atoms with Crippen molar-refractivity contribution in [2.75, 3.05) is 46.8 Å². The van der Waals surface area contributed by atoms with Gasteiger partial charge in [0.1, 0.15) is 6.54 Å². The third kappa shape index (κ3) is 8.67. The molecule has 162 valence electrons. The van der Waals surface area contributed by atoms with Crippen LogP contribution in [0.4, 0.5) is 13.2 Å². The molecule has 0 radical (unpaired) electrons. The van der Waals surface area contributed by atoms with Crippen LogP contribution in [0.25, 0.3) is 0 Å². The van der Waals surface area contributed by atoms with Crippen molar-refractivity contribution < 1.29 is 18.0 Å². The Morgan fingerprint density at radius 2 is 1.79 bits per heavy atom. The molecule has 0 unspecified atom stereocenters. The summed E-state index contributed by atoms with van der Waals surface area (Å²) in [5.74, 6) is 1.04. The van der Waals surface area contributed by atoms with E-state index in [-0.39, 0.29) is 12.5 Å². The summed E-state index contributed by atoms with van der Waals surface area (Å²) in [6.07, 6.45) is 3.00. The summed E-state index contributed by atoms with van der Waals surface area (Å²) in [6, 6.07) is 0.395. The maximum atomic E-state index is 12.5. The normalized spacial score (nSPS) is 20.4. The van der Waals surface area contributed by atoms with Crippen molar-refractivity contribution in [2.45, 2.75) is 57.2 Å². The number of hydrogen-bond donors (Lipinski definition) is 2. The van der Waals surface area contributed by atoms with Gasteiger partial charge >= 0.3 is 6.18 Å². The van der Waals surface area contributed by atoms with Gasteiger partial charge < -0.3 is 15.5 Å². The van der Waals surface area contributed by atoms with Crippen LogP contribution in [0.2, 0.25) is 0 Å². The van der Waals surface area contributed by atoms with E-state index in [1.807, 2.05) is 0 Å². The molecule has 2 rings (SSSR count). The second-order valence-electron chi connectivity index (χ2n) is 8.13. The van der Waals surface area contributed by atoms with E-state index in [1.54, 1.807) is 14.1 Å². The van der Waals surface area contributed by atoms with Crippen LogP contribution in [0.3, 0.4) is 0 Å². The number of likely N-dealkylation sites (N-methyl/N-ethyl adjacent to an activating group) is 1. The van der Waals surface area contributed by atoms with Gasteiger partial charge in [-0.1, -0.05) is 12.8 Å². The second-order valence-corrected chi connectivity index (χ2v) is 8.13. The topological polar surface area (TPSA) is 60.0 Å². The van der Waals surface area contributed by atoms with Gasteiger partial charge in [-0.15, -0.1) is 0 Å². The van der Waals surface area contributed by atoms with Crippen molar-refractivity contribution in [3.05, 3.63) is 0 Å². The molecule has 9 heteroatoms. The molecule has 0 aromatic heterocycles. The molecule has 1 amide bonds. The third-order valence-corrected chi connectivity index (χ3v) is 5.52. The van der Waals surface area contributed by atoms with Crippen molar-refractivity contribution in [1.29, 1.82) is 0 Å². The summed E-state index contributed by atoms with van der Waals surface area (Å²) >= 11 is 0. The van der Waals surface area contributed by atoms with Crippen molar-refractivity contribution >= 4 is 11.9 Å². The number of aliphatic imine (C=N–C) groups is 1. The maximum Gasteiger partial charge on any atom is 0.401 e. The predicted octanol–water partition coefficient (Wildman–Crippen LogP) is 2.22. The first-order valence-electron chi connectivity index (χ1n) is 10.3. The van der Waals surface area contributed by atoms with Gasteiger partial charge in [0.15, 0.2) is 5.96 Å². The average molecular weight is 406 g/mol. The van der Waals surface area contributed by atoms with Crippen LogP contribution in [0.5, 0.6) is 0 Å². The molecule has 2 aliphatic rings. The molecule has 28 heavy (non-hydrogen) atoms. The number of piperidine rings is 1. The number of guanidine groups is 1. The lowest BCUT2D eigenvalue weighted by Gasteiger charge is -2.32. The van der Waals surface area contributed by atoms with Crippen LogP contribution in [-0.4, -0.2) is 80.7 Å². The van der Waals surface area contributed by atoms with E-state index in [9.17, 15) is 18.0 Å². The van der Waals surface area contributed by atoms with Crippen molar-refractivity contribution in [1.82, 2.24) is 20.4 Å². The van der Waals surface area contributed by atoms with Crippen molar-refractivity contribution in [3.8, 4) is 0 Å². The summed E-state index contributed by atoms with van der Waals surface area (Å²) in [5, 5.41) is 6.73. The SMILES string of the molecule is CN(C)C(=O)CN=C(NCCC1CCN(CC(F)(F)F)CC1)NC1CCCC1. The van der Waals surface area contributed by atoms with Gasteiger partial charge in [-0.3, -0.25) is 9.69 Å². The summed E-state index contributed by atoms with van der Waals surface area (Å²) in [6.45, 7) is 1.01. The quantitative estimate of drug-likeness (QED) is 0.504. The smallest absolute Gasteiger partial charge is 0.356 e.